The van der Waals surface area contributed by atoms with E-state index in [0.717, 1.165) is 45.3 Å². The molecular formula is C15H26N2O2. The monoisotopic (exact) mass is 266 g/mol. The van der Waals surface area contributed by atoms with Gasteiger partial charge in [-0.2, -0.15) is 0 Å². The SMILES string of the molecule is CC(C)CC1NC2(CC2)C(=O)N1CCC1CCCO1. The molecule has 1 aliphatic carbocycles. The number of hydrogen-bond donors (Lipinski definition) is 1. The predicted octanol–water partition coefficient (Wildman–Crippen LogP) is 1.89. The van der Waals surface area contributed by atoms with Gasteiger partial charge < -0.3 is 9.64 Å². The molecule has 0 aromatic rings. The summed E-state index contributed by atoms with van der Waals surface area (Å²) in [5.74, 6) is 0.959. The normalized spacial score (nSPS) is 32.8. The second-order valence-electron chi connectivity index (χ2n) is 6.79. The van der Waals surface area contributed by atoms with Crippen LogP contribution >= 0.6 is 0 Å². The average molecular weight is 266 g/mol. The molecule has 0 aromatic heterocycles. The standard InChI is InChI=1S/C15H26N2O2/c1-11(2)10-13-16-15(6-7-15)14(18)17(13)8-5-12-4-3-9-19-12/h11-13,16H,3-10H2,1-2H3. The van der Waals surface area contributed by atoms with Crippen molar-refractivity contribution >= 4 is 5.91 Å². The maximum absolute atomic E-state index is 12.5. The minimum Gasteiger partial charge on any atom is -0.378 e. The van der Waals surface area contributed by atoms with Gasteiger partial charge in [-0.3, -0.25) is 10.1 Å². The first kappa shape index (κ1) is 13.4. The van der Waals surface area contributed by atoms with Gasteiger partial charge in [0.25, 0.3) is 0 Å². The first-order chi connectivity index (χ1) is 9.11. The van der Waals surface area contributed by atoms with E-state index in [0.29, 0.717) is 17.9 Å². The highest BCUT2D eigenvalue weighted by Gasteiger charge is 2.58. The zero-order chi connectivity index (χ0) is 13.5. The lowest BCUT2D eigenvalue weighted by Crippen LogP contribution is -2.39. The van der Waals surface area contributed by atoms with Crippen molar-refractivity contribution in [3.05, 3.63) is 0 Å². The van der Waals surface area contributed by atoms with Gasteiger partial charge in [0, 0.05) is 13.2 Å². The van der Waals surface area contributed by atoms with Gasteiger partial charge in [0.05, 0.1) is 17.8 Å². The van der Waals surface area contributed by atoms with Gasteiger partial charge in [-0.15, -0.1) is 0 Å². The molecule has 0 bridgehead atoms. The van der Waals surface area contributed by atoms with Crippen molar-refractivity contribution in [1.29, 1.82) is 0 Å². The fourth-order valence-electron chi connectivity index (χ4n) is 3.40. The molecule has 4 nitrogen and oxygen atoms in total. The second kappa shape index (κ2) is 5.06. The van der Waals surface area contributed by atoms with Gasteiger partial charge in [0.2, 0.25) is 5.91 Å². The van der Waals surface area contributed by atoms with Crippen LogP contribution in [0.15, 0.2) is 0 Å². The Labute approximate surface area is 115 Å². The summed E-state index contributed by atoms with van der Waals surface area (Å²) in [6.45, 7) is 6.20. The van der Waals surface area contributed by atoms with Crippen molar-refractivity contribution < 1.29 is 9.53 Å². The van der Waals surface area contributed by atoms with E-state index in [1.165, 1.54) is 6.42 Å². The van der Waals surface area contributed by atoms with Crippen molar-refractivity contribution in [2.45, 2.75) is 70.2 Å². The molecule has 0 aromatic carbocycles. The lowest BCUT2D eigenvalue weighted by molar-refractivity contribution is -0.131. The number of nitrogens with one attached hydrogen (secondary N) is 1. The summed E-state index contributed by atoms with van der Waals surface area (Å²) >= 11 is 0. The molecule has 1 saturated carbocycles. The van der Waals surface area contributed by atoms with E-state index in [1.54, 1.807) is 0 Å². The molecule has 3 fully saturated rings. The summed E-state index contributed by atoms with van der Waals surface area (Å²) in [6, 6.07) is 0. The molecule has 2 aliphatic heterocycles. The molecule has 19 heavy (non-hydrogen) atoms. The third kappa shape index (κ3) is 2.65. The maximum atomic E-state index is 12.5. The van der Waals surface area contributed by atoms with E-state index < -0.39 is 0 Å². The molecule has 1 spiro atoms. The second-order valence-corrected chi connectivity index (χ2v) is 6.79. The van der Waals surface area contributed by atoms with Gasteiger partial charge in [-0.1, -0.05) is 13.8 Å². The number of ether oxygens (including phenoxy) is 1. The number of amides is 1. The first-order valence-corrected chi connectivity index (χ1v) is 7.81. The first-order valence-electron chi connectivity index (χ1n) is 7.81. The van der Waals surface area contributed by atoms with Crippen LogP contribution in [0.4, 0.5) is 0 Å². The van der Waals surface area contributed by atoms with E-state index in [4.69, 9.17) is 4.74 Å². The summed E-state index contributed by atoms with van der Waals surface area (Å²) < 4.78 is 5.67. The number of carbonyl (C=O) groups is 1. The van der Waals surface area contributed by atoms with E-state index in [2.05, 4.69) is 24.1 Å². The minimum absolute atomic E-state index is 0.171. The molecule has 2 heterocycles. The Hall–Kier alpha value is -0.610. The molecular weight excluding hydrogens is 240 g/mol. The Morgan fingerprint density at radius 2 is 2.26 bits per heavy atom. The topological polar surface area (TPSA) is 41.6 Å². The molecule has 1 N–H and O–H groups in total. The minimum atomic E-state index is -0.171. The lowest BCUT2D eigenvalue weighted by atomic mass is 10.1. The van der Waals surface area contributed by atoms with Crippen molar-refractivity contribution in [2.75, 3.05) is 13.2 Å². The Morgan fingerprint density at radius 3 is 2.84 bits per heavy atom. The van der Waals surface area contributed by atoms with E-state index in [9.17, 15) is 4.79 Å². The van der Waals surface area contributed by atoms with Crippen LogP contribution in [0.5, 0.6) is 0 Å². The smallest absolute Gasteiger partial charge is 0.244 e. The zero-order valence-electron chi connectivity index (χ0n) is 12.2. The van der Waals surface area contributed by atoms with Crippen LogP contribution in [0.25, 0.3) is 0 Å². The van der Waals surface area contributed by atoms with Crippen LogP contribution < -0.4 is 5.32 Å². The van der Waals surface area contributed by atoms with Gasteiger partial charge in [-0.25, -0.2) is 0 Å². The van der Waals surface area contributed by atoms with Gasteiger partial charge in [0.1, 0.15) is 0 Å². The van der Waals surface area contributed by atoms with Crippen LogP contribution in [0.1, 0.15) is 52.4 Å². The quantitative estimate of drug-likeness (QED) is 0.826. The molecule has 2 unspecified atom stereocenters. The molecule has 3 aliphatic rings. The Bertz CT molecular complexity index is 346. The van der Waals surface area contributed by atoms with E-state index in [1.807, 2.05) is 0 Å². The fourth-order valence-corrected chi connectivity index (χ4v) is 3.40. The summed E-state index contributed by atoms with van der Waals surface area (Å²) in [4.78, 5) is 14.6. The van der Waals surface area contributed by atoms with Gasteiger partial charge >= 0.3 is 0 Å². The highest BCUT2D eigenvalue weighted by atomic mass is 16.5. The summed E-state index contributed by atoms with van der Waals surface area (Å²) in [6.07, 6.45) is 7.07. The summed E-state index contributed by atoms with van der Waals surface area (Å²) in [7, 11) is 0. The average Bonchev–Trinajstić information content (AvgIpc) is 2.85. The number of rotatable bonds is 5. The largest absolute Gasteiger partial charge is 0.378 e. The summed E-state index contributed by atoms with van der Waals surface area (Å²) in [5.41, 5.74) is -0.171. The van der Waals surface area contributed by atoms with Crippen LogP contribution in [0.3, 0.4) is 0 Å². The Balaban J connectivity index is 1.60. The highest BCUT2D eigenvalue weighted by molar-refractivity contribution is 5.91. The molecule has 2 atom stereocenters. The van der Waals surface area contributed by atoms with Crippen molar-refractivity contribution in [1.82, 2.24) is 10.2 Å². The van der Waals surface area contributed by atoms with Crippen LogP contribution in [0.2, 0.25) is 0 Å². The number of carbonyl (C=O) groups excluding carboxylic acids is 1. The van der Waals surface area contributed by atoms with Crippen LogP contribution in [-0.2, 0) is 9.53 Å². The Morgan fingerprint density at radius 1 is 1.47 bits per heavy atom. The molecule has 1 amide bonds. The van der Waals surface area contributed by atoms with Crippen LogP contribution in [-0.4, -0.2) is 41.8 Å². The van der Waals surface area contributed by atoms with Crippen molar-refractivity contribution in [3.63, 3.8) is 0 Å². The molecule has 0 radical (unpaired) electrons. The predicted molar refractivity (Wildman–Crippen MR) is 73.6 cm³/mol. The Kier molecular flexibility index (Phi) is 3.56. The fraction of sp³-hybridized carbons (Fsp3) is 0.933. The zero-order valence-corrected chi connectivity index (χ0v) is 12.2. The van der Waals surface area contributed by atoms with Crippen molar-refractivity contribution in [2.24, 2.45) is 5.92 Å². The molecule has 3 rings (SSSR count). The van der Waals surface area contributed by atoms with Crippen LogP contribution in [0, 0.1) is 5.92 Å². The number of nitrogens with zero attached hydrogens (tertiary/aromatic N) is 1. The van der Waals surface area contributed by atoms with Crippen molar-refractivity contribution in [3.8, 4) is 0 Å². The van der Waals surface area contributed by atoms with Gasteiger partial charge in [0.15, 0.2) is 0 Å². The summed E-state index contributed by atoms with van der Waals surface area (Å²) in [5, 5.41) is 3.58. The molecule has 2 saturated heterocycles. The lowest BCUT2D eigenvalue weighted by Gasteiger charge is -2.26. The highest BCUT2D eigenvalue weighted by Crippen LogP contribution is 2.43. The maximum Gasteiger partial charge on any atom is 0.244 e. The van der Waals surface area contributed by atoms with Gasteiger partial charge in [-0.05, 0) is 44.4 Å². The molecule has 4 heteroatoms. The van der Waals surface area contributed by atoms with E-state index >= 15 is 0 Å². The third-order valence-corrected chi connectivity index (χ3v) is 4.65. The third-order valence-electron chi connectivity index (χ3n) is 4.65. The van der Waals surface area contributed by atoms with E-state index in [-0.39, 0.29) is 11.7 Å². The molecule has 108 valence electrons. The number of hydrogen-bond acceptors (Lipinski definition) is 3.